The Balaban J connectivity index is 2.18. The molecule has 1 heterocycles. The third-order valence-corrected chi connectivity index (χ3v) is 2.74. The molecule has 3 nitrogen and oxygen atoms in total. The molecule has 1 aromatic rings. The molecule has 0 saturated carbocycles. The maximum absolute atomic E-state index is 12.0. The molecule has 0 spiro atoms. The van der Waals surface area contributed by atoms with Crippen molar-refractivity contribution in [1.29, 1.82) is 0 Å². The molecule has 0 atom stereocenters. The Kier molecular flexibility index (Phi) is 2.86. The van der Waals surface area contributed by atoms with Gasteiger partial charge in [0.1, 0.15) is 6.29 Å². The second-order valence-electron chi connectivity index (χ2n) is 3.76. The van der Waals surface area contributed by atoms with Crippen LogP contribution in [0, 0.1) is 0 Å². The zero-order chi connectivity index (χ0) is 11.5. The molecule has 16 heavy (non-hydrogen) atoms. The van der Waals surface area contributed by atoms with E-state index in [2.05, 4.69) is 6.58 Å². The van der Waals surface area contributed by atoms with E-state index in [1.807, 2.05) is 24.3 Å². The molecular formula is C13H13NO2. The number of carbonyl (C=O) groups is 2. The molecule has 0 aliphatic carbocycles. The summed E-state index contributed by atoms with van der Waals surface area (Å²) in [6.07, 6.45) is 2.03. The van der Waals surface area contributed by atoms with Crippen LogP contribution in [0.3, 0.4) is 0 Å². The molecule has 1 amide bonds. The van der Waals surface area contributed by atoms with Gasteiger partial charge in [0.25, 0.3) is 5.91 Å². The van der Waals surface area contributed by atoms with Crippen molar-refractivity contribution in [3.63, 3.8) is 0 Å². The van der Waals surface area contributed by atoms with Crippen LogP contribution in [-0.4, -0.2) is 23.6 Å². The smallest absolute Gasteiger partial charge is 0.258 e. The fraction of sp³-hybridized carbons (Fsp3) is 0.231. The Labute approximate surface area is 94.4 Å². The third kappa shape index (κ3) is 1.65. The SMILES string of the molecule is C=C1c2ccccc2C(=O)N1CCCC=O. The Morgan fingerprint density at radius 2 is 1.94 bits per heavy atom. The number of carbonyl (C=O) groups excluding carboxylic acids is 2. The van der Waals surface area contributed by atoms with E-state index in [-0.39, 0.29) is 5.91 Å². The molecule has 0 radical (unpaired) electrons. The van der Waals surface area contributed by atoms with Gasteiger partial charge in [0, 0.05) is 29.8 Å². The van der Waals surface area contributed by atoms with E-state index < -0.39 is 0 Å². The molecule has 0 bridgehead atoms. The number of benzene rings is 1. The summed E-state index contributed by atoms with van der Waals surface area (Å²) in [6.45, 7) is 4.48. The molecule has 0 N–H and O–H groups in total. The Hall–Kier alpha value is -1.90. The summed E-state index contributed by atoms with van der Waals surface area (Å²) in [5, 5.41) is 0. The highest BCUT2D eigenvalue weighted by Crippen LogP contribution is 2.30. The van der Waals surface area contributed by atoms with Gasteiger partial charge in [-0.05, 0) is 12.5 Å². The van der Waals surface area contributed by atoms with Crippen LogP contribution in [-0.2, 0) is 4.79 Å². The van der Waals surface area contributed by atoms with E-state index in [4.69, 9.17) is 0 Å². The first-order chi connectivity index (χ1) is 7.75. The monoisotopic (exact) mass is 215 g/mol. The lowest BCUT2D eigenvalue weighted by atomic mass is 10.1. The summed E-state index contributed by atoms with van der Waals surface area (Å²) in [7, 11) is 0. The predicted molar refractivity (Wildman–Crippen MR) is 61.8 cm³/mol. The van der Waals surface area contributed by atoms with Crippen molar-refractivity contribution >= 4 is 17.9 Å². The minimum atomic E-state index is -0.00787. The second kappa shape index (κ2) is 4.31. The number of unbranched alkanes of at least 4 members (excludes halogenated alkanes) is 1. The zero-order valence-electron chi connectivity index (χ0n) is 8.98. The van der Waals surface area contributed by atoms with Crippen LogP contribution in [0.4, 0.5) is 0 Å². The van der Waals surface area contributed by atoms with Gasteiger partial charge in [0.2, 0.25) is 0 Å². The average molecular weight is 215 g/mol. The number of aldehydes is 1. The largest absolute Gasteiger partial charge is 0.308 e. The average Bonchev–Trinajstić information content (AvgIpc) is 2.55. The van der Waals surface area contributed by atoms with Gasteiger partial charge in [-0.1, -0.05) is 24.8 Å². The standard InChI is InChI=1S/C13H13NO2/c1-10-11-6-2-3-7-12(11)13(16)14(10)8-4-5-9-15/h2-3,6-7,9H,1,4-5,8H2. The van der Waals surface area contributed by atoms with Crippen LogP contribution < -0.4 is 0 Å². The van der Waals surface area contributed by atoms with Crippen LogP contribution in [0.15, 0.2) is 30.8 Å². The van der Waals surface area contributed by atoms with Gasteiger partial charge < -0.3 is 9.69 Å². The van der Waals surface area contributed by atoms with Crippen molar-refractivity contribution in [3.05, 3.63) is 42.0 Å². The van der Waals surface area contributed by atoms with Crippen molar-refractivity contribution in [2.24, 2.45) is 0 Å². The molecular weight excluding hydrogens is 202 g/mol. The van der Waals surface area contributed by atoms with Gasteiger partial charge in [-0.25, -0.2) is 0 Å². The van der Waals surface area contributed by atoms with Gasteiger partial charge >= 0.3 is 0 Å². The maximum atomic E-state index is 12.0. The lowest BCUT2D eigenvalue weighted by Gasteiger charge is -2.16. The molecule has 0 fully saturated rings. The van der Waals surface area contributed by atoms with Gasteiger partial charge in [-0.3, -0.25) is 4.79 Å². The van der Waals surface area contributed by atoms with Gasteiger partial charge in [-0.15, -0.1) is 0 Å². The first kappa shape index (κ1) is 10.6. The first-order valence-corrected chi connectivity index (χ1v) is 5.29. The van der Waals surface area contributed by atoms with E-state index in [1.165, 1.54) is 0 Å². The van der Waals surface area contributed by atoms with E-state index >= 15 is 0 Å². The van der Waals surface area contributed by atoms with Gasteiger partial charge in [0.15, 0.2) is 0 Å². The molecule has 0 saturated heterocycles. The van der Waals surface area contributed by atoms with E-state index in [9.17, 15) is 9.59 Å². The lowest BCUT2D eigenvalue weighted by Crippen LogP contribution is -2.23. The summed E-state index contributed by atoms with van der Waals surface area (Å²) in [4.78, 5) is 23.9. The number of rotatable bonds is 4. The highest BCUT2D eigenvalue weighted by Gasteiger charge is 2.29. The summed E-state index contributed by atoms with van der Waals surface area (Å²) in [6, 6.07) is 7.45. The van der Waals surface area contributed by atoms with Crippen molar-refractivity contribution < 1.29 is 9.59 Å². The van der Waals surface area contributed by atoms with Crippen LogP contribution >= 0.6 is 0 Å². The zero-order valence-corrected chi connectivity index (χ0v) is 8.98. The van der Waals surface area contributed by atoms with Crippen molar-refractivity contribution in [3.8, 4) is 0 Å². The van der Waals surface area contributed by atoms with Crippen LogP contribution in [0.25, 0.3) is 5.70 Å². The first-order valence-electron chi connectivity index (χ1n) is 5.29. The summed E-state index contributed by atoms with van der Waals surface area (Å²) in [5.74, 6) is -0.00787. The molecule has 3 heteroatoms. The normalized spacial score (nSPS) is 14.1. The Morgan fingerprint density at radius 1 is 1.25 bits per heavy atom. The lowest BCUT2D eigenvalue weighted by molar-refractivity contribution is -0.107. The van der Waals surface area contributed by atoms with E-state index in [0.29, 0.717) is 24.9 Å². The number of nitrogens with zero attached hydrogens (tertiary/aromatic N) is 1. The number of hydrogen-bond acceptors (Lipinski definition) is 2. The predicted octanol–water partition coefficient (Wildman–Crippen LogP) is 2.09. The fourth-order valence-corrected chi connectivity index (χ4v) is 1.90. The molecule has 1 aliphatic rings. The summed E-state index contributed by atoms with van der Waals surface area (Å²) in [5.41, 5.74) is 2.35. The van der Waals surface area contributed by atoms with E-state index in [0.717, 1.165) is 17.5 Å². The van der Waals surface area contributed by atoms with Crippen molar-refractivity contribution in [2.75, 3.05) is 6.54 Å². The van der Waals surface area contributed by atoms with Crippen LogP contribution in [0.2, 0.25) is 0 Å². The molecule has 0 aromatic heterocycles. The number of hydrogen-bond donors (Lipinski definition) is 0. The van der Waals surface area contributed by atoms with E-state index in [1.54, 1.807) is 4.90 Å². The Bertz CT molecular complexity index is 416. The molecule has 1 aromatic carbocycles. The minimum absolute atomic E-state index is 0.00787. The second-order valence-corrected chi connectivity index (χ2v) is 3.76. The van der Waals surface area contributed by atoms with Crippen molar-refractivity contribution in [2.45, 2.75) is 12.8 Å². The molecule has 0 unspecified atom stereocenters. The summed E-state index contributed by atoms with van der Waals surface area (Å²) < 4.78 is 0. The molecule has 82 valence electrons. The van der Waals surface area contributed by atoms with Gasteiger partial charge in [-0.2, -0.15) is 0 Å². The molecule has 1 aliphatic heterocycles. The Morgan fingerprint density at radius 3 is 2.56 bits per heavy atom. The number of amides is 1. The van der Waals surface area contributed by atoms with Gasteiger partial charge in [0.05, 0.1) is 0 Å². The quantitative estimate of drug-likeness (QED) is 0.569. The fourth-order valence-electron chi connectivity index (χ4n) is 1.90. The highest BCUT2D eigenvalue weighted by atomic mass is 16.2. The minimum Gasteiger partial charge on any atom is -0.308 e. The number of fused-ring (bicyclic) bond motifs is 1. The van der Waals surface area contributed by atoms with Crippen LogP contribution in [0.5, 0.6) is 0 Å². The molecule has 2 rings (SSSR count). The highest BCUT2D eigenvalue weighted by molar-refractivity contribution is 6.08. The summed E-state index contributed by atoms with van der Waals surface area (Å²) >= 11 is 0. The van der Waals surface area contributed by atoms with Crippen LogP contribution in [0.1, 0.15) is 28.8 Å². The maximum Gasteiger partial charge on any atom is 0.258 e. The third-order valence-electron chi connectivity index (χ3n) is 2.74. The topological polar surface area (TPSA) is 37.4 Å². The van der Waals surface area contributed by atoms with Crippen molar-refractivity contribution in [1.82, 2.24) is 4.90 Å².